The lowest BCUT2D eigenvalue weighted by Gasteiger charge is -2.34. The van der Waals surface area contributed by atoms with Gasteiger partial charge in [-0.25, -0.2) is 4.98 Å². The van der Waals surface area contributed by atoms with Crippen molar-refractivity contribution < 1.29 is 4.55 Å². The van der Waals surface area contributed by atoms with Gasteiger partial charge in [0.2, 0.25) is 0 Å². The van der Waals surface area contributed by atoms with Gasteiger partial charge >= 0.3 is 0 Å². The highest BCUT2D eigenvalue weighted by atomic mass is 35.5. The molecule has 0 bridgehead atoms. The molecule has 0 amide bonds. The molecule has 0 unspecified atom stereocenters. The van der Waals surface area contributed by atoms with E-state index in [9.17, 15) is 4.55 Å². The van der Waals surface area contributed by atoms with Crippen molar-refractivity contribution in [1.82, 2.24) is 9.71 Å². The third-order valence-corrected chi connectivity index (χ3v) is 5.05. The highest BCUT2D eigenvalue weighted by Gasteiger charge is 2.35. The van der Waals surface area contributed by atoms with Crippen molar-refractivity contribution in [3.63, 3.8) is 0 Å². The minimum atomic E-state index is -1.18. The Balaban J connectivity index is 3.11. The van der Waals surface area contributed by atoms with Gasteiger partial charge in [-0.05, 0) is 37.8 Å². The van der Waals surface area contributed by atoms with Crippen molar-refractivity contribution in [2.45, 2.75) is 52.3 Å². The van der Waals surface area contributed by atoms with Crippen LogP contribution in [0.25, 0.3) is 0 Å². The Kier molecular flexibility index (Phi) is 5.78. The molecule has 0 aliphatic heterocycles. The van der Waals surface area contributed by atoms with Gasteiger partial charge in [0.15, 0.2) is 0 Å². The Morgan fingerprint density at radius 1 is 1.20 bits per heavy atom. The molecule has 1 N–H and O–H groups in total. The average Bonchev–Trinajstić information content (AvgIpc) is 2.26. The molecule has 20 heavy (non-hydrogen) atoms. The maximum absolute atomic E-state index is 12.4. The molecule has 0 fully saturated rings. The molecule has 0 aliphatic rings. The molecule has 1 heterocycles. The Hall–Kier alpha value is -0.0000000000000000555. The highest BCUT2D eigenvalue weighted by Crippen LogP contribution is 2.36. The van der Waals surface area contributed by atoms with Crippen molar-refractivity contribution in [1.29, 1.82) is 0 Å². The zero-order chi connectivity index (χ0) is 15.7. The number of pyridine rings is 1. The molecule has 0 aromatic carbocycles. The number of hydrogen-bond donors (Lipinski definition) is 1. The van der Waals surface area contributed by atoms with Crippen molar-refractivity contribution in [3.8, 4) is 0 Å². The molecule has 0 saturated carbocycles. The van der Waals surface area contributed by atoms with Gasteiger partial charge in [0.25, 0.3) is 0 Å². The first-order valence-electron chi connectivity index (χ1n) is 6.42. The number of nitrogens with one attached hydrogen (secondary N) is 1. The van der Waals surface area contributed by atoms with Crippen molar-refractivity contribution in [3.05, 3.63) is 28.0 Å². The standard InChI is InChI=1S/C14H22Cl2N2OS/c1-13(2,3)11(18-20(19)14(4,5)6)9-7-10(15)12(16)17-8-9/h7-8,11,18H,1-6H3/t11-,20+/m0/s1. The van der Waals surface area contributed by atoms with Crippen LogP contribution in [0.5, 0.6) is 0 Å². The highest BCUT2D eigenvalue weighted by molar-refractivity contribution is 7.90. The van der Waals surface area contributed by atoms with Crippen LogP contribution in [-0.2, 0) is 11.4 Å². The Labute approximate surface area is 134 Å². The Morgan fingerprint density at radius 3 is 2.15 bits per heavy atom. The largest absolute Gasteiger partial charge is 0.598 e. The predicted molar refractivity (Wildman–Crippen MR) is 87.5 cm³/mol. The van der Waals surface area contributed by atoms with Gasteiger partial charge in [0, 0.05) is 17.6 Å². The fourth-order valence-electron chi connectivity index (χ4n) is 1.62. The molecular weight excluding hydrogens is 315 g/mol. The summed E-state index contributed by atoms with van der Waals surface area (Å²) in [6.07, 6.45) is 1.68. The van der Waals surface area contributed by atoms with Gasteiger partial charge in [-0.3, -0.25) is 0 Å². The molecule has 1 aromatic rings. The molecule has 0 aliphatic carbocycles. The van der Waals surface area contributed by atoms with Crippen molar-refractivity contribution >= 4 is 34.6 Å². The van der Waals surface area contributed by atoms with Crippen LogP contribution in [0.2, 0.25) is 10.2 Å². The van der Waals surface area contributed by atoms with Crippen LogP contribution in [0, 0.1) is 5.41 Å². The Morgan fingerprint density at radius 2 is 1.75 bits per heavy atom. The summed E-state index contributed by atoms with van der Waals surface area (Å²) in [5.41, 5.74) is 0.740. The Bertz CT molecular complexity index is 469. The molecule has 6 heteroatoms. The van der Waals surface area contributed by atoms with Crippen LogP contribution < -0.4 is 4.72 Å². The summed E-state index contributed by atoms with van der Waals surface area (Å²) < 4.78 is 15.2. The van der Waals surface area contributed by atoms with E-state index < -0.39 is 11.4 Å². The van der Waals surface area contributed by atoms with E-state index in [0.717, 1.165) is 5.56 Å². The van der Waals surface area contributed by atoms with E-state index in [1.54, 1.807) is 12.3 Å². The van der Waals surface area contributed by atoms with E-state index in [2.05, 4.69) is 30.5 Å². The maximum atomic E-state index is 12.4. The van der Waals surface area contributed by atoms with Crippen LogP contribution in [0.1, 0.15) is 53.1 Å². The van der Waals surface area contributed by atoms with E-state index >= 15 is 0 Å². The number of nitrogens with zero attached hydrogens (tertiary/aromatic N) is 1. The summed E-state index contributed by atoms with van der Waals surface area (Å²) in [6.45, 7) is 12.0. The van der Waals surface area contributed by atoms with E-state index in [4.69, 9.17) is 23.2 Å². The SMILES string of the molecule is CC(C)(C)[C@@H](N[S@+]([O-])C(C)(C)C)c1cnc(Cl)c(Cl)c1. The van der Waals surface area contributed by atoms with Crippen molar-refractivity contribution in [2.24, 2.45) is 5.41 Å². The monoisotopic (exact) mass is 336 g/mol. The third kappa shape index (κ3) is 4.78. The maximum Gasteiger partial charge on any atom is 0.147 e. The summed E-state index contributed by atoms with van der Waals surface area (Å²) in [5, 5.41) is 0.682. The normalized spacial score (nSPS) is 16.1. The molecule has 0 spiro atoms. The molecular formula is C14H22Cl2N2OS. The van der Waals surface area contributed by atoms with Gasteiger partial charge in [-0.2, -0.15) is 0 Å². The first-order valence-corrected chi connectivity index (χ1v) is 8.32. The van der Waals surface area contributed by atoms with Crippen LogP contribution in [0.3, 0.4) is 0 Å². The van der Waals surface area contributed by atoms with E-state index in [0.29, 0.717) is 5.02 Å². The predicted octanol–water partition coefficient (Wildman–Crippen LogP) is 4.53. The molecule has 1 aromatic heterocycles. The molecule has 0 radical (unpaired) electrons. The minimum Gasteiger partial charge on any atom is -0.598 e. The number of aromatic nitrogens is 1. The summed E-state index contributed by atoms with van der Waals surface area (Å²) in [6, 6.07) is 1.64. The van der Waals surface area contributed by atoms with Gasteiger partial charge in [-0.1, -0.05) is 44.0 Å². The lowest BCUT2D eigenvalue weighted by Crippen LogP contribution is -2.44. The second-order valence-electron chi connectivity index (χ2n) is 6.84. The van der Waals surface area contributed by atoms with Gasteiger partial charge < -0.3 is 4.55 Å². The molecule has 114 valence electrons. The van der Waals surface area contributed by atoms with E-state index in [1.165, 1.54) is 0 Å². The van der Waals surface area contributed by atoms with Crippen LogP contribution in [-0.4, -0.2) is 14.3 Å². The first kappa shape index (κ1) is 18.1. The molecule has 2 atom stereocenters. The molecule has 3 nitrogen and oxygen atoms in total. The first-order chi connectivity index (χ1) is 8.93. The zero-order valence-electron chi connectivity index (χ0n) is 12.8. The number of rotatable bonds is 3. The van der Waals surface area contributed by atoms with E-state index in [1.807, 2.05) is 20.8 Å². The van der Waals surface area contributed by atoms with Crippen LogP contribution in [0.15, 0.2) is 12.3 Å². The number of halogens is 2. The van der Waals surface area contributed by atoms with Crippen molar-refractivity contribution in [2.75, 3.05) is 0 Å². The fourth-order valence-corrected chi connectivity index (χ4v) is 2.96. The zero-order valence-corrected chi connectivity index (χ0v) is 15.1. The topological polar surface area (TPSA) is 48.0 Å². The van der Waals surface area contributed by atoms with Gasteiger partial charge in [-0.15, -0.1) is 4.72 Å². The van der Waals surface area contributed by atoms with E-state index in [-0.39, 0.29) is 21.4 Å². The molecule has 0 saturated heterocycles. The third-order valence-electron chi connectivity index (χ3n) is 2.80. The average molecular weight is 337 g/mol. The summed E-state index contributed by atoms with van der Waals surface area (Å²) >= 11 is 10.7. The van der Waals surface area contributed by atoms with Crippen LogP contribution in [0.4, 0.5) is 0 Å². The number of hydrogen-bond acceptors (Lipinski definition) is 3. The fraction of sp³-hybridized carbons (Fsp3) is 0.643. The summed E-state index contributed by atoms with van der Waals surface area (Å²) in [7, 11) is 0. The summed E-state index contributed by atoms with van der Waals surface area (Å²) in [5.74, 6) is 0. The second-order valence-corrected chi connectivity index (χ2v) is 9.60. The lowest BCUT2D eigenvalue weighted by atomic mass is 9.84. The second kappa shape index (κ2) is 6.41. The smallest absolute Gasteiger partial charge is 0.147 e. The summed E-state index contributed by atoms with van der Waals surface area (Å²) in [4.78, 5) is 4.08. The molecule has 1 rings (SSSR count). The van der Waals surface area contributed by atoms with Gasteiger partial charge in [0.05, 0.1) is 11.1 Å². The lowest BCUT2D eigenvalue weighted by molar-refractivity contribution is 0.302. The quantitative estimate of drug-likeness (QED) is 0.651. The minimum absolute atomic E-state index is 0.134. The van der Waals surface area contributed by atoms with Gasteiger partial charge in [0.1, 0.15) is 9.90 Å². The van der Waals surface area contributed by atoms with Crippen LogP contribution >= 0.6 is 23.2 Å².